The normalized spacial score (nSPS) is 19.3. The number of hydrogen-bond donors (Lipinski definition) is 1. The molecule has 7 heteroatoms. The van der Waals surface area contributed by atoms with Gasteiger partial charge in [-0.25, -0.2) is 0 Å². The quantitative estimate of drug-likeness (QED) is 0.663. The van der Waals surface area contributed by atoms with Crippen molar-refractivity contribution in [2.24, 2.45) is 0 Å². The van der Waals surface area contributed by atoms with Crippen molar-refractivity contribution in [3.8, 4) is 0 Å². The van der Waals surface area contributed by atoms with Crippen LogP contribution in [-0.2, 0) is 0 Å². The molecular formula is C12H14BrN3O3. The summed E-state index contributed by atoms with van der Waals surface area (Å²) in [5, 5.41) is 14.0. The summed E-state index contributed by atoms with van der Waals surface area (Å²) in [5.41, 5.74) is 0.262. The molecule has 1 amide bonds. The fourth-order valence-electron chi connectivity index (χ4n) is 2.08. The van der Waals surface area contributed by atoms with Gasteiger partial charge in [-0.3, -0.25) is 14.9 Å². The van der Waals surface area contributed by atoms with E-state index < -0.39 is 4.92 Å². The predicted octanol–water partition coefficient (Wildman–Crippen LogP) is 1.79. The molecule has 0 aliphatic carbocycles. The van der Waals surface area contributed by atoms with Crippen molar-refractivity contribution in [2.75, 3.05) is 19.6 Å². The molecule has 1 aliphatic rings. The largest absolute Gasteiger partial charge is 0.336 e. The average Bonchev–Trinajstić information content (AvgIpc) is 2.38. The summed E-state index contributed by atoms with van der Waals surface area (Å²) in [7, 11) is 0. The Kier molecular flexibility index (Phi) is 4.16. The van der Waals surface area contributed by atoms with Gasteiger partial charge in [-0.05, 0) is 28.9 Å². The second-order valence-electron chi connectivity index (χ2n) is 4.53. The van der Waals surface area contributed by atoms with Crippen LogP contribution in [0.3, 0.4) is 0 Å². The smallest absolute Gasteiger partial charge is 0.270 e. The number of nitrogens with zero attached hydrogens (tertiary/aromatic N) is 2. The molecular weight excluding hydrogens is 314 g/mol. The highest BCUT2D eigenvalue weighted by Gasteiger charge is 2.24. The highest BCUT2D eigenvalue weighted by molar-refractivity contribution is 9.10. The fourth-order valence-corrected chi connectivity index (χ4v) is 2.49. The number of nitrogens with one attached hydrogen (secondary N) is 1. The summed E-state index contributed by atoms with van der Waals surface area (Å²) in [4.78, 5) is 24.4. The Morgan fingerprint density at radius 1 is 1.58 bits per heavy atom. The lowest BCUT2D eigenvalue weighted by Crippen LogP contribution is -2.51. The van der Waals surface area contributed by atoms with Gasteiger partial charge in [-0.15, -0.1) is 0 Å². The van der Waals surface area contributed by atoms with Crippen LogP contribution >= 0.6 is 15.9 Å². The van der Waals surface area contributed by atoms with Crippen LogP contribution < -0.4 is 5.32 Å². The number of rotatable bonds is 2. The van der Waals surface area contributed by atoms with Crippen molar-refractivity contribution < 1.29 is 9.72 Å². The monoisotopic (exact) mass is 327 g/mol. The molecule has 0 spiro atoms. The minimum Gasteiger partial charge on any atom is -0.336 e. The van der Waals surface area contributed by atoms with Crippen LogP contribution in [0.2, 0.25) is 0 Å². The maximum absolute atomic E-state index is 12.4. The lowest BCUT2D eigenvalue weighted by molar-refractivity contribution is -0.384. The molecule has 6 nitrogen and oxygen atoms in total. The minimum atomic E-state index is -0.496. The maximum atomic E-state index is 12.4. The zero-order valence-corrected chi connectivity index (χ0v) is 12.0. The van der Waals surface area contributed by atoms with Gasteiger partial charge < -0.3 is 10.2 Å². The number of nitro benzene ring substituents is 1. The second kappa shape index (κ2) is 5.66. The van der Waals surface area contributed by atoms with E-state index in [9.17, 15) is 14.9 Å². The van der Waals surface area contributed by atoms with Crippen LogP contribution in [0, 0.1) is 10.1 Å². The summed E-state index contributed by atoms with van der Waals surface area (Å²) in [5.74, 6) is -0.177. The Bertz CT molecular complexity index is 521. The van der Waals surface area contributed by atoms with Gasteiger partial charge in [-0.1, -0.05) is 0 Å². The van der Waals surface area contributed by atoms with Crippen LogP contribution in [0.1, 0.15) is 17.3 Å². The number of carbonyl (C=O) groups excluding carboxylic acids is 1. The van der Waals surface area contributed by atoms with Gasteiger partial charge in [0, 0.05) is 42.3 Å². The van der Waals surface area contributed by atoms with Crippen molar-refractivity contribution in [1.82, 2.24) is 10.2 Å². The fraction of sp³-hybridized carbons (Fsp3) is 0.417. The van der Waals surface area contributed by atoms with Crippen molar-refractivity contribution in [1.29, 1.82) is 0 Å². The highest BCUT2D eigenvalue weighted by Crippen LogP contribution is 2.24. The van der Waals surface area contributed by atoms with Gasteiger partial charge in [0.1, 0.15) is 0 Å². The van der Waals surface area contributed by atoms with E-state index in [1.54, 1.807) is 4.90 Å². The number of piperazine rings is 1. The van der Waals surface area contributed by atoms with E-state index in [-0.39, 0.29) is 17.6 Å². The summed E-state index contributed by atoms with van der Waals surface area (Å²) < 4.78 is 0.578. The molecule has 1 atom stereocenters. The molecule has 1 N–H and O–H groups in total. The Balaban J connectivity index is 2.27. The first-order chi connectivity index (χ1) is 8.99. The van der Waals surface area contributed by atoms with E-state index >= 15 is 0 Å². The third-order valence-electron chi connectivity index (χ3n) is 3.05. The molecule has 102 valence electrons. The van der Waals surface area contributed by atoms with Crippen molar-refractivity contribution in [2.45, 2.75) is 13.0 Å². The molecule has 2 rings (SSSR count). The van der Waals surface area contributed by atoms with E-state index in [1.165, 1.54) is 18.2 Å². The van der Waals surface area contributed by atoms with Crippen LogP contribution in [0.25, 0.3) is 0 Å². The minimum absolute atomic E-state index is 0.0743. The molecule has 1 heterocycles. The van der Waals surface area contributed by atoms with E-state index in [0.717, 1.165) is 6.54 Å². The van der Waals surface area contributed by atoms with Crippen molar-refractivity contribution in [3.63, 3.8) is 0 Å². The standard InChI is InChI=1S/C12H14BrN3O3/c1-8-7-15(5-4-14-8)12(17)10-6-9(16(18)19)2-3-11(10)13/h2-3,6,8,14H,4-5,7H2,1H3/t8-/m1/s1. The Hall–Kier alpha value is -1.47. The molecule has 19 heavy (non-hydrogen) atoms. The van der Waals surface area contributed by atoms with Crippen LogP contribution in [0.15, 0.2) is 22.7 Å². The van der Waals surface area contributed by atoms with E-state index in [0.29, 0.717) is 23.1 Å². The van der Waals surface area contributed by atoms with Crippen molar-refractivity contribution >= 4 is 27.5 Å². The third kappa shape index (κ3) is 3.10. The first kappa shape index (κ1) is 14.0. The highest BCUT2D eigenvalue weighted by atomic mass is 79.9. The van der Waals surface area contributed by atoms with Crippen LogP contribution in [0.4, 0.5) is 5.69 Å². The maximum Gasteiger partial charge on any atom is 0.270 e. The number of nitro groups is 1. The first-order valence-electron chi connectivity index (χ1n) is 5.95. The van der Waals surface area contributed by atoms with Crippen molar-refractivity contribution in [3.05, 3.63) is 38.3 Å². The van der Waals surface area contributed by atoms with Gasteiger partial charge in [-0.2, -0.15) is 0 Å². The average molecular weight is 328 g/mol. The summed E-state index contributed by atoms with van der Waals surface area (Å²) >= 11 is 3.28. The molecule has 1 aromatic carbocycles. The zero-order chi connectivity index (χ0) is 14.0. The number of carbonyl (C=O) groups is 1. The van der Waals surface area contributed by atoms with Gasteiger partial charge in [0.25, 0.3) is 11.6 Å². The molecule has 1 saturated heterocycles. The lowest BCUT2D eigenvalue weighted by Gasteiger charge is -2.32. The molecule has 1 aliphatic heterocycles. The van der Waals surface area contributed by atoms with Gasteiger partial charge in [0.15, 0.2) is 0 Å². The Labute approximate surface area is 119 Å². The summed E-state index contributed by atoms with van der Waals surface area (Å²) in [6.07, 6.45) is 0. The van der Waals surface area contributed by atoms with Gasteiger partial charge in [0.05, 0.1) is 10.5 Å². The SMILES string of the molecule is C[C@@H]1CN(C(=O)c2cc([N+](=O)[O-])ccc2Br)CCN1. The first-order valence-corrected chi connectivity index (χ1v) is 6.75. The van der Waals surface area contributed by atoms with Gasteiger partial charge >= 0.3 is 0 Å². The van der Waals surface area contributed by atoms with E-state index in [4.69, 9.17) is 0 Å². The molecule has 0 aromatic heterocycles. The molecule has 0 unspecified atom stereocenters. The van der Waals surface area contributed by atoms with Crippen LogP contribution in [0.5, 0.6) is 0 Å². The predicted molar refractivity (Wildman–Crippen MR) is 74.2 cm³/mol. The number of non-ortho nitro benzene ring substituents is 1. The number of halogens is 1. The number of benzene rings is 1. The topological polar surface area (TPSA) is 75.5 Å². The molecule has 1 aromatic rings. The van der Waals surface area contributed by atoms with E-state index in [1.807, 2.05) is 6.92 Å². The Morgan fingerprint density at radius 2 is 2.32 bits per heavy atom. The molecule has 0 saturated carbocycles. The molecule has 1 fully saturated rings. The molecule has 0 bridgehead atoms. The van der Waals surface area contributed by atoms with Gasteiger partial charge in [0.2, 0.25) is 0 Å². The van der Waals surface area contributed by atoms with E-state index in [2.05, 4.69) is 21.2 Å². The second-order valence-corrected chi connectivity index (χ2v) is 5.38. The van der Waals surface area contributed by atoms with Crippen LogP contribution in [-0.4, -0.2) is 41.4 Å². The lowest BCUT2D eigenvalue weighted by atomic mass is 10.1. The zero-order valence-electron chi connectivity index (χ0n) is 10.4. The summed E-state index contributed by atoms with van der Waals surface area (Å²) in [6, 6.07) is 4.47. The Morgan fingerprint density at radius 3 is 2.95 bits per heavy atom. The third-order valence-corrected chi connectivity index (χ3v) is 3.74. The molecule has 0 radical (unpaired) electrons. The number of amides is 1. The summed E-state index contributed by atoms with van der Waals surface area (Å²) in [6.45, 7) is 3.95. The number of hydrogen-bond acceptors (Lipinski definition) is 4.